The highest BCUT2D eigenvalue weighted by atomic mass is 16.2. The molecular formula is C24H22N4O3. The second-order valence-electron chi connectivity index (χ2n) is 8.17. The standard InChI is InChI=1S/C24H22N4O3/c1-14-4-3-5-16(10-14)22-19(12-25-27(22)2)15-6-7-18-17(11-15)13-28(24(18)31)20-8-9-21(29)26-23(20)30/h3-7,10-12,20H,8-9,13H2,1-2H3,(H,26,29,30). The Morgan fingerprint density at radius 2 is 1.87 bits per heavy atom. The van der Waals surface area contributed by atoms with Crippen LogP contribution in [0.1, 0.15) is 34.3 Å². The number of aryl methyl sites for hydroxylation is 2. The maximum absolute atomic E-state index is 12.9. The molecule has 1 unspecified atom stereocenters. The Balaban J connectivity index is 1.50. The molecule has 1 fully saturated rings. The van der Waals surface area contributed by atoms with E-state index >= 15 is 0 Å². The molecule has 1 atom stereocenters. The molecule has 2 aromatic carbocycles. The van der Waals surface area contributed by atoms with Crippen LogP contribution in [0.5, 0.6) is 0 Å². The minimum atomic E-state index is -0.609. The summed E-state index contributed by atoms with van der Waals surface area (Å²) in [5, 5.41) is 6.81. The fourth-order valence-electron chi connectivity index (χ4n) is 4.53. The lowest BCUT2D eigenvalue weighted by Gasteiger charge is -2.29. The van der Waals surface area contributed by atoms with Crippen LogP contribution in [-0.2, 0) is 23.2 Å². The van der Waals surface area contributed by atoms with Crippen LogP contribution in [0.15, 0.2) is 48.7 Å². The number of hydrogen-bond acceptors (Lipinski definition) is 4. The summed E-state index contributed by atoms with van der Waals surface area (Å²) in [6.07, 6.45) is 2.45. The first-order chi connectivity index (χ1) is 14.9. The predicted molar refractivity (Wildman–Crippen MR) is 115 cm³/mol. The van der Waals surface area contributed by atoms with E-state index in [9.17, 15) is 14.4 Å². The van der Waals surface area contributed by atoms with E-state index in [0.717, 1.165) is 27.9 Å². The second-order valence-corrected chi connectivity index (χ2v) is 8.17. The first-order valence-electron chi connectivity index (χ1n) is 10.3. The van der Waals surface area contributed by atoms with Crippen LogP contribution in [0.25, 0.3) is 22.4 Å². The Morgan fingerprint density at radius 3 is 2.65 bits per heavy atom. The summed E-state index contributed by atoms with van der Waals surface area (Å²) in [4.78, 5) is 38.3. The Labute approximate surface area is 179 Å². The number of nitrogens with zero attached hydrogens (tertiary/aromatic N) is 3. The average Bonchev–Trinajstić information content (AvgIpc) is 3.28. The van der Waals surface area contributed by atoms with Crippen molar-refractivity contribution in [1.29, 1.82) is 0 Å². The molecule has 0 bridgehead atoms. The second kappa shape index (κ2) is 7.19. The van der Waals surface area contributed by atoms with E-state index in [4.69, 9.17) is 0 Å². The summed E-state index contributed by atoms with van der Waals surface area (Å²) in [6.45, 7) is 2.42. The number of nitrogens with one attached hydrogen (secondary N) is 1. The van der Waals surface area contributed by atoms with Crippen LogP contribution in [0.2, 0.25) is 0 Å². The van der Waals surface area contributed by atoms with Crippen LogP contribution in [-0.4, -0.2) is 38.4 Å². The zero-order chi connectivity index (χ0) is 21.7. The van der Waals surface area contributed by atoms with Gasteiger partial charge >= 0.3 is 0 Å². The molecule has 5 rings (SSSR count). The highest BCUT2D eigenvalue weighted by molar-refractivity contribution is 6.05. The number of benzene rings is 2. The first-order valence-corrected chi connectivity index (χ1v) is 10.3. The molecule has 3 amide bonds. The number of hydrogen-bond donors (Lipinski definition) is 1. The van der Waals surface area contributed by atoms with Crippen molar-refractivity contribution >= 4 is 17.7 Å². The fourth-order valence-corrected chi connectivity index (χ4v) is 4.53. The largest absolute Gasteiger partial charge is 0.322 e. The topological polar surface area (TPSA) is 84.3 Å². The molecule has 1 saturated heterocycles. The molecule has 3 aromatic rings. The van der Waals surface area contributed by atoms with E-state index in [-0.39, 0.29) is 18.2 Å². The van der Waals surface area contributed by atoms with Crippen LogP contribution in [0.3, 0.4) is 0 Å². The van der Waals surface area contributed by atoms with Crippen LogP contribution < -0.4 is 5.32 Å². The van der Waals surface area contributed by atoms with Gasteiger partial charge in [0.15, 0.2) is 0 Å². The van der Waals surface area contributed by atoms with Crippen molar-refractivity contribution in [3.63, 3.8) is 0 Å². The van der Waals surface area contributed by atoms with Gasteiger partial charge in [-0.25, -0.2) is 0 Å². The van der Waals surface area contributed by atoms with Gasteiger partial charge in [-0.15, -0.1) is 0 Å². The first kappa shape index (κ1) is 19.2. The van der Waals surface area contributed by atoms with Gasteiger partial charge in [-0.1, -0.05) is 29.8 Å². The lowest BCUT2D eigenvalue weighted by Crippen LogP contribution is -2.52. The van der Waals surface area contributed by atoms with Gasteiger partial charge in [0.1, 0.15) is 6.04 Å². The van der Waals surface area contributed by atoms with Crippen LogP contribution in [0.4, 0.5) is 0 Å². The molecular weight excluding hydrogens is 392 g/mol. The maximum Gasteiger partial charge on any atom is 0.255 e. The van der Waals surface area contributed by atoms with Gasteiger partial charge in [0.2, 0.25) is 11.8 Å². The summed E-state index contributed by atoms with van der Waals surface area (Å²) in [5.74, 6) is -0.847. The van der Waals surface area contributed by atoms with Crippen molar-refractivity contribution in [2.24, 2.45) is 7.05 Å². The van der Waals surface area contributed by atoms with Crippen LogP contribution >= 0.6 is 0 Å². The molecule has 7 heteroatoms. The van der Waals surface area contributed by atoms with Crippen molar-refractivity contribution in [1.82, 2.24) is 20.0 Å². The van der Waals surface area contributed by atoms with Gasteiger partial charge in [-0.3, -0.25) is 24.4 Å². The van der Waals surface area contributed by atoms with Gasteiger partial charge in [-0.2, -0.15) is 5.10 Å². The Bertz CT molecular complexity index is 1240. The molecule has 156 valence electrons. The monoisotopic (exact) mass is 414 g/mol. The maximum atomic E-state index is 12.9. The molecule has 0 spiro atoms. The third-order valence-electron chi connectivity index (χ3n) is 6.06. The van der Waals surface area contributed by atoms with Crippen molar-refractivity contribution < 1.29 is 14.4 Å². The van der Waals surface area contributed by atoms with Crippen molar-refractivity contribution in [3.8, 4) is 22.4 Å². The van der Waals surface area contributed by atoms with E-state index < -0.39 is 11.9 Å². The lowest BCUT2D eigenvalue weighted by atomic mass is 9.97. The number of amides is 3. The van der Waals surface area contributed by atoms with Gasteiger partial charge < -0.3 is 4.90 Å². The molecule has 3 heterocycles. The highest BCUT2D eigenvalue weighted by Gasteiger charge is 2.39. The molecule has 7 nitrogen and oxygen atoms in total. The summed E-state index contributed by atoms with van der Waals surface area (Å²) in [6, 6.07) is 13.4. The van der Waals surface area contributed by atoms with E-state index in [0.29, 0.717) is 18.5 Å². The van der Waals surface area contributed by atoms with Gasteiger partial charge in [0.25, 0.3) is 5.91 Å². The van der Waals surface area contributed by atoms with Gasteiger partial charge in [0.05, 0.1) is 11.9 Å². The van der Waals surface area contributed by atoms with Crippen LogP contribution in [0, 0.1) is 6.92 Å². The van der Waals surface area contributed by atoms with E-state index in [1.807, 2.05) is 42.2 Å². The Morgan fingerprint density at radius 1 is 1.03 bits per heavy atom. The Hall–Kier alpha value is -3.74. The van der Waals surface area contributed by atoms with E-state index in [2.05, 4.69) is 35.5 Å². The highest BCUT2D eigenvalue weighted by Crippen LogP contribution is 2.35. The summed E-state index contributed by atoms with van der Waals surface area (Å²) < 4.78 is 1.86. The number of fused-ring (bicyclic) bond motifs is 1. The fraction of sp³-hybridized carbons (Fsp3) is 0.250. The van der Waals surface area contributed by atoms with E-state index in [1.54, 1.807) is 4.90 Å². The molecule has 0 saturated carbocycles. The van der Waals surface area contributed by atoms with Gasteiger partial charge in [-0.05, 0) is 42.7 Å². The quantitative estimate of drug-likeness (QED) is 0.668. The Kier molecular flexibility index (Phi) is 4.46. The molecule has 0 radical (unpaired) electrons. The van der Waals surface area contributed by atoms with Crippen molar-refractivity contribution in [2.75, 3.05) is 0 Å². The molecule has 0 aliphatic carbocycles. The number of aromatic nitrogens is 2. The lowest BCUT2D eigenvalue weighted by molar-refractivity contribution is -0.136. The molecule has 2 aliphatic rings. The number of carbonyl (C=O) groups excluding carboxylic acids is 3. The number of rotatable bonds is 3. The predicted octanol–water partition coefficient (Wildman–Crippen LogP) is 2.82. The van der Waals surface area contributed by atoms with Crippen molar-refractivity contribution in [3.05, 3.63) is 65.4 Å². The third kappa shape index (κ3) is 3.22. The average molecular weight is 414 g/mol. The summed E-state index contributed by atoms with van der Waals surface area (Å²) >= 11 is 0. The summed E-state index contributed by atoms with van der Waals surface area (Å²) in [7, 11) is 1.92. The number of piperidine rings is 1. The number of carbonyl (C=O) groups is 3. The molecule has 2 aliphatic heterocycles. The molecule has 1 aromatic heterocycles. The minimum absolute atomic E-state index is 0.166. The molecule has 31 heavy (non-hydrogen) atoms. The summed E-state index contributed by atoms with van der Waals surface area (Å²) in [5.41, 5.74) is 6.71. The van der Waals surface area contributed by atoms with Crippen molar-refractivity contribution in [2.45, 2.75) is 32.4 Å². The van der Waals surface area contributed by atoms with Gasteiger partial charge in [0, 0.05) is 36.7 Å². The third-order valence-corrected chi connectivity index (χ3v) is 6.06. The zero-order valence-electron chi connectivity index (χ0n) is 17.4. The molecule has 1 N–H and O–H groups in total. The SMILES string of the molecule is Cc1cccc(-c2c(-c3ccc4c(c3)CN(C3CCC(=O)NC3=O)C4=O)cnn2C)c1. The minimum Gasteiger partial charge on any atom is -0.322 e. The number of imide groups is 1. The smallest absolute Gasteiger partial charge is 0.255 e. The zero-order valence-corrected chi connectivity index (χ0v) is 17.4. The normalized spacial score (nSPS) is 18.3. The van der Waals surface area contributed by atoms with E-state index in [1.165, 1.54) is 5.56 Å².